The number of aryl methyl sites for hydroxylation is 1. The number of aliphatic hydroxyl groups is 1. The third kappa shape index (κ3) is 6.20. The summed E-state index contributed by atoms with van der Waals surface area (Å²) in [5.74, 6) is 1.75. The Hall–Kier alpha value is -2.08. The van der Waals surface area contributed by atoms with Crippen molar-refractivity contribution < 1.29 is 14.6 Å². The lowest BCUT2D eigenvalue weighted by Gasteiger charge is -2.41. The Morgan fingerprint density at radius 1 is 1.03 bits per heavy atom. The van der Waals surface area contributed by atoms with Gasteiger partial charge in [0.05, 0.1) is 14.2 Å². The first-order valence-corrected chi connectivity index (χ1v) is 10.6. The minimum absolute atomic E-state index is 0.232. The molecule has 158 valence electrons. The van der Waals surface area contributed by atoms with Crippen LogP contribution in [-0.4, -0.2) is 68.0 Å². The maximum atomic E-state index is 9.58. The SMILES string of the molecule is COc1ccc(OC)c(CN2CCN(CCCc3ccccc3)[C@@H](CCO)C2)c1. The topological polar surface area (TPSA) is 45.2 Å². The third-order valence-corrected chi connectivity index (χ3v) is 5.79. The maximum Gasteiger partial charge on any atom is 0.123 e. The van der Waals surface area contributed by atoms with Crippen molar-refractivity contribution in [2.45, 2.75) is 31.8 Å². The molecule has 0 aromatic heterocycles. The molecule has 29 heavy (non-hydrogen) atoms. The number of rotatable bonds is 10. The summed E-state index contributed by atoms with van der Waals surface area (Å²) in [5, 5.41) is 9.58. The molecule has 0 saturated carbocycles. The summed E-state index contributed by atoms with van der Waals surface area (Å²) in [6, 6.07) is 17.0. The number of hydrogen-bond donors (Lipinski definition) is 1. The highest BCUT2D eigenvalue weighted by Crippen LogP contribution is 2.26. The molecule has 0 bridgehead atoms. The number of nitrogens with zero attached hydrogens (tertiary/aromatic N) is 2. The minimum atomic E-state index is 0.232. The molecule has 1 N–H and O–H groups in total. The number of ether oxygens (including phenoxy) is 2. The van der Waals surface area contributed by atoms with Crippen LogP contribution in [-0.2, 0) is 13.0 Å². The van der Waals surface area contributed by atoms with Gasteiger partial charge in [-0.05, 0) is 49.6 Å². The smallest absolute Gasteiger partial charge is 0.123 e. The average Bonchev–Trinajstić information content (AvgIpc) is 2.76. The lowest BCUT2D eigenvalue weighted by Crippen LogP contribution is -2.53. The fraction of sp³-hybridized carbons (Fsp3) is 0.500. The van der Waals surface area contributed by atoms with Crippen molar-refractivity contribution in [2.24, 2.45) is 0 Å². The Labute approximate surface area is 174 Å². The molecule has 2 aromatic carbocycles. The highest BCUT2D eigenvalue weighted by molar-refractivity contribution is 5.40. The molecular weight excluding hydrogens is 364 g/mol. The van der Waals surface area contributed by atoms with Gasteiger partial charge in [0.2, 0.25) is 0 Å². The summed E-state index contributed by atoms with van der Waals surface area (Å²) in [5.41, 5.74) is 2.54. The first-order valence-electron chi connectivity index (χ1n) is 10.6. The molecule has 1 fully saturated rings. The molecule has 0 amide bonds. The van der Waals surface area contributed by atoms with Gasteiger partial charge in [-0.15, -0.1) is 0 Å². The average molecular weight is 399 g/mol. The van der Waals surface area contributed by atoms with Gasteiger partial charge in [0, 0.05) is 44.4 Å². The van der Waals surface area contributed by atoms with Crippen molar-refractivity contribution >= 4 is 0 Å². The van der Waals surface area contributed by atoms with E-state index in [1.54, 1.807) is 14.2 Å². The maximum absolute atomic E-state index is 9.58. The lowest BCUT2D eigenvalue weighted by molar-refractivity contribution is 0.0543. The summed E-state index contributed by atoms with van der Waals surface area (Å²) >= 11 is 0. The quantitative estimate of drug-likeness (QED) is 0.666. The van der Waals surface area contributed by atoms with Crippen molar-refractivity contribution in [3.05, 3.63) is 59.7 Å². The summed E-state index contributed by atoms with van der Waals surface area (Å²) in [6.07, 6.45) is 3.07. The van der Waals surface area contributed by atoms with E-state index >= 15 is 0 Å². The van der Waals surface area contributed by atoms with E-state index in [-0.39, 0.29) is 6.61 Å². The van der Waals surface area contributed by atoms with Crippen LogP contribution in [0.2, 0.25) is 0 Å². The minimum Gasteiger partial charge on any atom is -0.497 e. The normalized spacial score (nSPS) is 18.0. The zero-order chi connectivity index (χ0) is 20.5. The van der Waals surface area contributed by atoms with Crippen LogP contribution < -0.4 is 9.47 Å². The Balaban J connectivity index is 1.57. The van der Waals surface area contributed by atoms with Gasteiger partial charge in [0.25, 0.3) is 0 Å². The molecule has 5 nitrogen and oxygen atoms in total. The van der Waals surface area contributed by atoms with Gasteiger partial charge in [-0.25, -0.2) is 0 Å². The zero-order valence-electron chi connectivity index (χ0n) is 17.7. The lowest BCUT2D eigenvalue weighted by atomic mass is 10.1. The Morgan fingerprint density at radius 3 is 2.59 bits per heavy atom. The van der Waals surface area contributed by atoms with Gasteiger partial charge in [-0.1, -0.05) is 30.3 Å². The molecular formula is C24H34N2O3. The van der Waals surface area contributed by atoms with E-state index in [0.717, 1.165) is 69.0 Å². The fourth-order valence-electron chi connectivity index (χ4n) is 4.20. The second-order valence-electron chi connectivity index (χ2n) is 7.70. The monoisotopic (exact) mass is 398 g/mol. The first-order chi connectivity index (χ1) is 14.2. The third-order valence-electron chi connectivity index (χ3n) is 5.79. The molecule has 3 rings (SSSR count). The van der Waals surface area contributed by atoms with Crippen LogP contribution in [0.4, 0.5) is 0 Å². The second-order valence-corrected chi connectivity index (χ2v) is 7.70. The van der Waals surface area contributed by atoms with Gasteiger partial charge in [-0.3, -0.25) is 9.80 Å². The van der Waals surface area contributed by atoms with Crippen LogP contribution in [0.25, 0.3) is 0 Å². The van der Waals surface area contributed by atoms with Gasteiger partial charge < -0.3 is 14.6 Å². The van der Waals surface area contributed by atoms with Crippen LogP contribution in [0.3, 0.4) is 0 Å². The molecule has 0 unspecified atom stereocenters. The van der Waals surface area contributed by atoms with Crippen molar-refractivity contribution in [3.8, 4) is 11.5 Å². The van der Waals surface area contributed by atoms with Crippen LogP contribution in [0.1, 0.15) is 24.0 Å². The second kappa shape index (κ2) is 11.2. The number of benzene rings is 2. The number of piperazine rings is 1. The summed E-state index contributed by atoms with van der Waals surface area (Å²) < 4.78 is 10.9. The summed E-state index contributed by atoms with van der Waals surface area (Å²) in [7, 11) is 3.40. The van der Waals surface area contributed by atoms with Crippen LogP contribution in [0.5, 0.6) is 11.5 Å². The number of methoxy groups -OCH3 is 2. The highest BCUT2D eigenvalue weighted by Gasteiger charge is 2.26. The molecule has 1 aliphatic rings. The molecule has 1 aliphatic heterocycles. The van der Waals surface area contributed by atoms with Crippen molar-refractivity contribution in [1.82, 2.24) is 9.80 Å². The molecule has 1 saturated heterocycles. The van der Waals surface area contributed by atoms with Gasteiger partial charge in [0.15, 0.2) is 0 Å². The molecule has 2 aromatic rings. The van der Waals surface area contributed by atoms with Crippen molar-refractivity contribution in [3.63, 3.8) is 0 Å². The Morgan fingerprint density at radius 2 is 1.86 bits per heavy atom. The van der Waals surface area contributed by atoms with Gasteiger partial charge in [-0.2, -0.15) is 0 Å². The predicted molar refractivity (Wildman–Crippen MR) is 117 cm³/mol. The summed E-state index contributed by atoms with van der Waals surface area (Å²) in [6.45, 7) is 5.16. The van der Waals surface area contributed by atoms with Crippen molar-refractivity contribution in [1.29, 1.82) is 0 Å². The van der Waals surface area contributed by atoms with E-state index in [4.69, 9.17) is 9.47 Å². The Bertz CT molecular complexity index is 738. The van der Waals surface area contributed by atoms with E-state index in [0.29, 0.717) is 6.04 Å². The van der Waals surface area contributed by atoms with Gasteiger partial charge >= 0.3 is 0 Å². The van der Waals surface area contributed by atoms with E-state index in [9.17, 15) is 5.11 Å². The Kier molecular flexibility index (Phi) is 8.35. The van der Waals surface area contributed by atoms with Gasteiger partial charge in [0.1, 0.15) is 11.5 Å². The van der Waals surface area contributed by atoms with Crippen LogP contribution in [0, 0.1) is 0 Å². The highest BCUT2D eigenvalue weighted by atomic mass is 16.5. The van der Waals surface area contributed by atoms with E-state index in [1.807, 2.05) is 12.1 Å². The standard InChI is InChI=1S/C24H34N2O3/c1-28-23-10-11-24(29-2)21(17-23)18-25-14-15-26(22(19-25)12-16-27)13-6-9-20-7-4-3-5-8-20/h3-5,7-8,10-11,17,22,27H,6,9,12-16,18-19H2,1-2H3/t22-/m0/s1. The van der Waals surface area contributed by atoms with Crippen LogP contribution >= 0.6 is 0 Å². The van der Waals surface area contributed by atoms with E-state index < -0.39 is 0 Å². The molecule has 5 heteroatoms. The predicted octanol–water partition coefficient (Wildman–Crippen LogP) is 3.21. The largest absolute Gasteiger partial charge is 0.497 e. The molecule has 1 atom stereocenters. The van der Waals surface area contributed by atoms with Crippen molar-refractivity contribution in [2.75, 3.05) is 47.0 Å². The number of hydrogen-bond acceptors (Lipinski definition) is 5. The number of aliphatic hydroxyl groups excluding tert-OH is 1. The van der Waals surface area contributed by atoms with E-state index in [2.05, 4.69) is 46.2 Å². The summed E-state index contributed by atoms with van der Waals surface area (Å²) in [4.78, 5) is 5.02. The molecule has 0 spiro atoms. The molecule has 0 radical (unpaired) electrons. The fourth-order valence-corrected chi connectivity index (χ4v) is 4.20. The zero-order valence-corrected chi connectivity index (χ0v) is 17.7. The molecule has 1 heterocycles. The first kappa shape index (κ1) is 21.6. The van der Waals surface area contributed by atoms with Crippen LogP contribution in [0.15, 0.2) is 48.5 Å². The van der Waals surface area contributed by atoms with E-state index in [1.165, 1.54) is 5.56 Å². The molecule has 0 aliphatic carbocycles.